The van der Waals surface area contributed by atoms with Crippen molar-refractivity contribution in [3.05, 3.63) is 59.7 Å². The van der Waals surface area contributed by atoms with Gasteiger partial charge in [-0.2, -0.15) is 0 Å². The van der Waals surface area contributed by atoms with Crippen LogP contribution in [0.3, 0.4) is 0 Å². The van der Waals surface area contributed by atoms with E-state index in [1.54, 1.807) is 24.3 Å². The molecular weight excluding hydrogens is 316 g/mol. The summed E-state index contributed by atoms with van der Waals surface area (Å²) in [5, 5.41) is 5.42. The van der Waals surface area contributed by atoms with Crippen molar-refractivity contribution in [1.82, 2.24) is 5.32 Å². The molecule has 2 amide bonds. The number of carbonyl (C=O) groups is 2. The lowest BCUT2D eigenvalue weighted by molar-refractivity contribution is 0.101. The van der Waals surface area contributed by atoms with Crippen LogP contribution in [0.15, 0.2) is 48.5 Å². The van der Waals surface area contributed by atoms with Gasteiger partial charge in [0.25, 0.3) is 0 Å². The van der Waals surface area contributed by atoms with E-state index in [-0.39, 0.29) is 11.8 Å². The first-order valence-corrected chi connectivity index (χ1v) is 8.34. The van der Waals surface area contributed by atoms with Crippen LogP contribution in [-0.2, 0) is 0 Å². The highest BCUT2D eigenvalue weighted by Crippen LogP contribution is 2.18. The molecule has 0 aliphatic rings. The van der Waals surface area contributed by atoms with E-state index in [0.29, 0.717) is 30.3 Å². The fraction of sp³-hybridized carbons (Fsp3) is 0.300. The molecule has 0 saturated heterocycles. The molecule has 0 saturated carbocycles. The summed E-state index contributed by atoms with van der Waals surface area (Å²) in [6.45, 7) is 6.53. The zero-order chi connectivity index (χ0) is 18.2. The second kappa shape index (κ2) is 8.87. The van der Waals surface area contributed by atoms with Crippen LogP contribution in [0.1, 0.15) is 42.6 Å². The lowest BCUT2D eigenvalue weighted by Crippen LogP contribution is -2.32. The van der Waals surface area contributed by atoms with E-state index < -0.39 is 0 Å². The van der Waals surface area contributed by atoms with Crippen LogP contribution in [-0.4, -0.2) is 25.0 Å². The lowest BCUT2D eigenvalue weighted by Gasteiger charge is -2.10. The van der Waals surface area contributed by atoms with Gasteiger partial charge in [-0.15, -0.1) is 0 Å². The Morgan fingerprint density at radius 1 is 1.08 bits per heavy atom. The number of hydrogen-bond acceptors (Lipinski definition) is 3. The normalized spacial score (nSPS) is 10.4. The molecule has 0 fully saturated rings. The van der Waals surface area contributed by atoms with E-state index in [1.165, 1.54) is 12.5 Å². The van der Waals surface area contributed by atoms with Crippen LogP contribution < -0.4 is 15.4 Å². The summed E-state index contributed by atoms with van der Waals surface area (Å²) in [7, 11) is 0. The third kappa shape index (κ3) is 5.95. The van der Waals surface area contributed by atoms with Gasteiger partial charge in [0.15, 0.2) is 5.78 Å². The van der Waals surface area contributed by atoms with Crippen LogP contribution >= 0.6 is 0 Å². The SMILES string of the molecule is CC(=O)c1cccc(NC(=O)NCCOc2ccc(C(C)C)cc2)c1. The highest BCUT2D eigenvalue weighted by molar-refractivity contribution is 5.96. The minimum atomic E-state index is -0.334. The fourth-order valence-electron chi connectivity index (χ4n) is 2.27. The summed E-state index contributed by atoms with van der Waals surface area (Å²) in [4.78, 5) is 23.2. The molecule has 2 aromatic rings. The molecule has 0 aliphatic heterocycles. The van der Waals surface area contributed by atoms with Gasteiger partial charge in [0.05, 0.1) is 6.54 Å². The zero-order valence-electron chi connectivity index (χ0n) is 14.8. The van der Waals surface area contributed by atoms with E-state index >= 15 is 0 Å². The number of urea groups is 1. The molecule has 25 heavy (non-hydrogen) atoms. The Morgan fingerprint density at radius 3 is 2.44 bits per heavy atom. The molecule has 5 nitrogen and oxygen atoms in total. The number of anilines is 1. The summed E-state index contributed by atoms with van der Waals surface area (Å²) in [5.74, 6) is 1.22. The molecule has 0 spiro atoms. The van der Waals surface area contributed by atoms with Crippen LogP contribution in [0, 0.1) is 0 Å². The minimum Gasteiger partial charge on any atom is -0.492 e. The number of ether oxygens (including phenoxy) is 1. The average molecular weight is 340 g/mol. The monoisotopic (exact) mass is 340 g/mol. The molecule has 0 unspecified atom stereocenters. The smallest absolute Gasteiger partial charge is 0.319 e. The molecule has 0 atom stereocenters. The highest BCUT2D eigenvalue weighted by Gasteiger charge is 2.04. The van der Waals surface area contributed by atoms with Gasteiger partial charge in [-0.3, -0.25) is 4.79 Å². The van der Waals surface area contributed by atoms with Crippen LogP contribution in [0.4, 0.5) is 10.5 Å². The Morgan fingerprint density at radius 2 is 1.80 bits per heavy atom. The van der Waals surface area contributed by atoms with E-state index in [1.807, 2.05) is 24.3 Å². The maximum absolute atomic E-state index is 11.9. The Balaban J connectivity index is 1.73. The molecule has 0 aliphatic carbocycles. The standard InChI is InChI=1S/C20H24N2O3/c1-14(2)16-7-9-19(10-8-16)25-12-11-21-20(24)22-18-6-4-5-17(13-18)15(3)23/h4-10,13-14H,11-12H2,1-3H3,(H2,21,22,24). The molecule has 2 aromatic carbocycles. The Labute approximate surface area is 148 Å². The molecule has 0 aromatic heterocycles. The molecular formula is C20H24N2O3. The predicted molar refractivity (Wildman–Crippen MR) is 99.5 cm³/mol. The summed E-state index contributed by atoms with van der Waals surface area (Å²) in [6, 6.07) is 14.4. The first kappa shape index (κ1) is 18.5. The average Bonchev–Trinajstić information content (AvgIpc) is 2.59. The Hall–Kier alpha value is -2.82. The second-order valence-electron chi connectivity index (χ2n) is 6.09. The largest absolute Gasteiger partial charge is 0.492 e. The van der Waals surface area contributed by atoms with E-state index in [2.05, 4.69) is 24.5 Å². The quantitative estimate of drug-likeness (QED) is 0.586. The maximum Gasteiger partial charge on any atom is 0.319 e. The van der Waals surface area contributed by atoms with Crippen LogP contribution in [0.25, 0.3) is 0 Å². The van der Waals surface area contributed by atoms with Gasteiger partial charge in [0, 0.05) is 11.3 Å². The van der Waals surface area contributed by atoms with Crippen LogP contribution in [0.2, 0.25) is 0 Å². The van der Waals surface area contributed by atoms with Crippen molar-refractivity contribution in [3.8, 4) is 5.75 Å². The van der Waals surface area contributed by atoms with Crippen LogP contribution in [0.5, 0.6) is 5.75 Å². The van der Waals surface area contributed by atoms with Gasteiger partial charge < -0.3 is 15.4 Å². The van der Waals surface area contributed by atoms with Crippen molar-refractivity contribution in [3.63, 3.8) is 0 Å². The van der Waals surface area contributed by atoms with Crippen molar-refractivity contribution in [2.24, 2.45) is 0 Å². The van der Waals surface area contributed by atoms with Crippen molar-refractivity contribution in [1.29, 1.82) is 0 Å². The van der Waals surface area contributed by atoms with E-state index in [9.17, 15) is 9.59 Å². The van der Waals surface area contributed by atoms with E-state index in [4.69, 9.17) is 4.74 Å². The van der Waals surface area contributed by atoms with Crippen molar-refractivity contribution < 1.29 is 14.3 Å². The summed E-state index contributed by atoms with van der Waals surface area (Å²) in [5.41, 5.74) is 2.40. The second-order valence-corrected chi connectivity index (χ2v) is 6.09. The molecule has 0 radical (unpaired) electrons. The van der Waals surface area contributed by atoms with Gasteiger partial charge in [-0.05, 0) is 42.7 Å². The summed E-state index contributed by atoms with van der Waals surface area (Å²) < 4.78 is 5.60. The minimum absolute atomic E-state index is 0.0408. The third-order valence-corrected chi connectivity index (χ3v) is 3.73. The van der Waals surface area contributed by atoms with Crippen molar-refractivity contribution >= 4 is 17.5 Å². The van der Waals surface area contributed by atoms with Gasteiger partial charge in [-0.1, -0.05) is 38.1 Å². The molecule has 0 heterocycles. The highest BCUT2D eigenvalue weighted by atomic mass is 16.5. The Bertz CT molecular complexity index is 724. The predicted octanol–water partition coefficient (Wildman–Crippen LogP) is 4.21. The molecule has 0 bridgehead atoms. The molecule has 2 rings (SSSR count). The first-order chi connectivity index (χ1) is 12.0. The number of hydrogen-bond donors (Lipinski definition) is 2. The topological polar surface area (TPSA) is 67.4 Å². The van der Waals surface area contributed by atoms with E-state index in [0.717, 1.165) is 5.75 Å². The number of benzene rings is 2. The number of nitrogens with one attached hydrogen (secondary N) is 2. The van der Waals surface area contributed by atoms with Gasteiger partial charge in [0.1, 0.15) is 12.4 Å². The molecule has 5 heteroatoms. The number of ketones is 1. The summed E-state index contributed by atoms with van der Waals surface area (Å²) in [6.07, 6.45) is 0. The van der Waals surface area contributed by atoms with Gasteiger partial charge >= 0.3 is 6.03 Å². The number of amides is 2. The van der Waals surface area contributed by atoms with Crippen molar-refractivity contribution in [2.45, 2.75) is 26.7 Å². The number of rotatable bonds is 7. The van der Waals surface area contributed by atoms with Gasteiger partial charge in [-0.25, -0.2) is 4.79 Å². The van der Waals surface area contributed by atoms with Crippen molar-refractivity contribution in [2.75, 3.05) is 18.5 Å². The first-order valence-electron chi connectivity index (χ1n) is 8.34. The number of Topliss-reactive ketones (excluding diaryl/α,β-unsaturated/α-hetero) is 1. The fourth-order valence-corrected chi connectivity index (χ4v) is 2.27. The molecule has 2 N–H and O–H groups in total. The maximum atomic E-state index is 11.9. The lowest BCUT2D eigenvalue weighted by atomic mass is 10.0. The summed E-state index contributed by atoms with van der Waals surface area (Å²) >= 11 is 0. The zero-order valence-corrected chi connectivity index (χ0v) is 14.8. The third-order valence-electron chi connectivity index (χ3n) is 3.73. The van der Waals surface area contributed by atoms with Gasteiger partial charge in [0.2, 0.25) is 0 Å². The Kier molecular flexibility index (Phi) is 6.57. The molecule has 132 valence electrons. The number of carbonyl (C=O) groups excluding carboxylic acids is 2.